The molecule has 9 rings (SSSR count). The normalized spacial score (nSPS) is 13.9. The first-order valence-corrected chi connectivity index (χ1v) is 14.7. The van der Waals surface area contributed by atoms with E-state index < -0.39 is 0 Å². The summed E-state index contributed by atoms with van der Waals surface area (Å²) in [5.74, 6) is 0. The van der Waals surface area contributed by atoms with Gasteiger partial charge in [0.15, 0.2) is 7.28 Å². The van der Waals surface area contributed by atoms with Gasteiger partial charge in [0.2, 0.25) is 0 Å². The molecule has 0 unspecified atom stereocenters. The van der Waals surface area contributed by atoms with Crippen molar-refractivity contribution in [3.63, 3.8) is 0 Å². The van der Waals surface area contributed by atoms with Crippen molar-refractivity contribution in [2.45, 2.75) is 19.3 Å². The Morgan fingerprint density at radius 2 is 1.33 bits per heavy atom. The first-order valence-electron chi connectivity index (χ1n) is 14.7. The lowest BCUT2D eigenvalue weighted by Crippen LogP contribution is -2.41. The summed E-state index contributed by atoms with van der Waals surface area (Å²) >= 11 is 0. The van der Waals surface area contributed by atoms with Crippen molar-refractivity contribution in [3.05, 3.63) is 139 Å². The van der Waals surface area contributed by atoms with Crippen LogP contribution < -0.4 is 16.2 Å². The third-order valence-electron chi connectivity index (χ3n) is 9.38. The van der Waals surface area contributed by atoms with E-state index in [1.54, 1.807) is 0 Å². The van der Waals surface area contributed by atoms with Gasteiger partial charge in [-0.05, 0) is 57.5 Å². The fourth-order valence-corrected chi connectivity index (χ4v) is 7.47. The highest BCUT2D eigenvalue weighted by Gasteiger charge is 2.39. The van der Waals surface area contributed by atoms with Crippen molar-refractivity contribution in [1.29, 1.82) is 0 Å². The van der Waals surface area contributed by atoms with Gasteiger partial charge < -0.3 is 9.88 Å². The Bertz CT molecular complexity index is 2210. The minimum atomic E-state index is -0.0947. The molecule has 1 aromatic heterocycles. The van der Waals surface area contributed by atoms with Crippen LogP contribution in [0.2, 0.25) is 0 Å². The van der Waals surface area contributed by atoms with Crippen molar-refractivity contribution in [2.24, 2.45) is 0 Å². The standard InChI is InChI=1S/C39H28BN2/c1-39(2)30-19-11-18-27-34-28(24-13-5-3-6-14-24)23-29(26-17-9-10-22-33(26)41-25-15-7-4-8-16-25)35-38(34)42(36(27)30)37-31(39)20-12-21-32(37)40-35/h3-23,41H,1-2H3. The van der Waals surface area contributed by atoms with Crippen LogP contribution in [0.3, 0.4) is 0 Å². The van der Waals surface area contributed by atoms with Crippen LogP contribution in [-0.2, 0) is 5.41 Å². The summed E-state index contributed by atoms with van der Waals surface area (Å²) in [5.41, 5.74) is 16.3. The van der Waals surface area contributed by atoms with Gasteiger partial charge in [-0.1, -0.05) is 122 Å². The lowest BCUT2D eigenvalue weighted by molar-refractivity contribution is 0.631. The summed E-state index contributed by atoms with van der Waals surface area (Å²) in [7, 11) is 2.44. The average molecular weight is 535 g/mol. The molecule has 2 nitrogen and oxygen atoms in total. The summed E-state index contributed by atoms with van der Waals surface area (Å²) < 4.78 is 2.59. The number of hydrogen-bond donors (Lipinski definition) is 1. The maximum absolute atomic E-state index is 3.72. The van der Waals surface area contributed by atoms with Crippen molar-refractivity contribution in [3.8, 4) is 27.9 Å². The third-order valence-corrected chi connectivity index (χ3v) is 9.38. The van der Waals surface area contributed by atoms with E-state index in [1.165, 1.54) is 71.8 Å². The maximum Gasteiger partial charge on any atom is 0.197 e. The molecular weight excluding hydrogens is 507 g/mol. The summed E-state index contributed by atoms with van der Waals surface area (Å²) in [4.78, 5) is 0. The van der Waals surface area contributed by atoms with E-state index in [0.29, 0.717) is 0 Å². The van der Waals surface area contributed by atoms with Crippen LogP contribution in [0.5, 0.6) is 0 Å². The van der Waals surface area contributed by atoms with E-state index in [-0.39, 0.29) is 5.41 Å². The molecule has 0 amide bonds. The van der Waals surface area contributed by atoms with Crippen LogP contribution in [0.4, 0.5) is 11.4 Å². The number of hydrogen-bond acceptors (Lipinski definition) is 1. The van der Waals surface area contributed by atoms with Crippen LogP contribution in [-0.4, -0.2) is 11.8 Å². The van der Waals surface area contributed by atoms with Crippen LogP contribution in [0, 0.1) is 0 Å². The zero-order chi connectivity index (χ0) is 28.0. The Balaban J connectivity index is 1.46. The predicted molar refractivity (Wildman–Crippen MR) is 179 cm³/mol. The number of nitrogens with one attached hydrogen (secondary N) is 1. The molecule has 2 aliphatic heterocycles. The highest BCUT2D eigenvalue weighted by atomic mass is 15.0. The van der Waals surface area contributed by atoms with Crippen molar-refractivity contribution < 1.29 is 0 Å². The second-order valence-electron chi connectivity index (χ2n) is 12.1. The van der Waals surface area contributed by atoms with Crippen LogP contribution >= 0.6 is 0 Å². The molecule has 0 atom stereocenters. The second-order valence-corrected chi connectivity index (χ2v) is 12.1. The highest BCUT2D eigenvalue weighted by molar-refractivity contribution is 6.73. The van der Waals surface area contributed by atoms with Crippen molar-refractivity contribution in [1.82, 2.24) is 4.57 Å². The quantitative estimate of drug-likeness (QED) is 0.224. The summed E-state index contributed by atoms with van der Waals surface area (Å²) in [6, 6.07) is 46.2. The molecule has 0 fully saturated rings. The Kier molecular flexibility index (Phi) is 4.79. The van der Waals surface area contributed by atoms with Crippen LogP contribution in [0.25, 0.3) is 49.7 Å². The van der Waals surface area contributed by atoms with E-state index in [2.05, 4.69) is 158 Å². The van der Waals surface area contributed by atoms with Gasteiger partial charge in [-0.15, -0.1) is 0 Å². The molecule has 6 aromatic carbocycles. The molecule has 2 aliphatic rings. The molecular formula is C39H28BN2. The molecule has 0 bridgehead atoms. The first kappa shape index (κ1) is 23.7. The molecule has 197 valence electrons. The van der Waals surface area contributed by atoms with E-state index in [0.717, 1.165) is 11.4 Å². The Labute approximate surface area is 246 Å². The Hall–Kier alpha value is -5.02. The summed E-state index contributed by atoms with van der Waals surface area (Å²) in [6.07, 6.45) is 0. The lowest BCUT2D eigenvalue weighted by Gasteiger charge is -2.37. The first-order chi connectivity index (χ1) is 20.6. The SMILES string of the molecule is CC1(C)c2cccc3c2-n2c4c1cccc4c1c(-c4ccccc4)cc(-c4ccccc4Nc4ccccc4)c(c12)[B]3. The van der Waals surface area contributed by atoms with Gasteiger partial charge in [0, 0.05) is 44.3 Å². The molecule has 0 saturated heterocycles. The van der Waals surface area contributed by atoms with E-state index in [4.69, 9.17) is 0 Å². The molecule has 0 saturated carbocycles. The molecule has 7 aromatic rings. The number of anilines is 2. The average Bonchev–Trinajstić information content (AvgIpc) is 3.38. The topological polar surface area (TPSA) is 17.0 Å². The minimum absolute atomic E-state index is 0.0947. The predicted octanol–water partition coefficient (Wildman–Crippen LogP) is 8.47. The number of fused-ring (bicyclic) bond motifs is 1. The Morgan fingerprint density at radius 3 is 2.17 bits per heavy atom. The maximum atomic E-state index is 3.72. The van der Waals surface area contributed by atoms with Gasteiger partial charge in [-0.3, -0.25) is 0 Å². The van der Waals surface area contributed by atoms with Gasteiger partial charge in [-0.2, -0.15) is 0 Å². The molecule has 3 heterocycles. The van der Waals surface area contributed by atoms with Gasteiger partial charge in [0.25, 0.3) is 0 Å². The largest absolute Gasteiger partial charge is 0.355 e. The molecule has 1 N–H and O–H groups in total. The van der Waals surface area contributed by atoms with E-state index in [1.807, 2.05) is 0 Å². The monoisotopic (exact) mass is 535 g/mol. The molecule has 0 aliphatic carbocycles. The number of rotatable bonds is 4. The van der Waals surface area contributed by atoms with E-state index >= 15 is 0 Å². The van der Waals surface area contributed by atoms with Gasteiger partial charge >= 0.3 is 0 Å². The van der Waals surface area contributed by atoms with Crippen LogP contribution in [0.15, 0.2) is 127 Å². The summed E-state index contributed by atoms with van der Waals surface area (Å²) in [5, 5.41) is 6.38. The van der Waals surface area contributed by atoms with Gasteiger partial charge in [0.1, 0.15) is 0 Å². The second kappa shape index (κ2) is 8.50. The zero-order valence-corrected chi connectivity index (χ0v) is 23.6. The smallest absolute Gasteiger partial charge is 0.197 e. The van der Waals surface area contributed by atoms with Crippen molar-refractivity contribution >= 4 is 51.4 Å². The number of aromatic nitrogens is 1. The molecule has 42 heavy (non-hydrogen) atoms. The highest BCUT2D eigenvalue weighted by Crippen LogP contribution is 2.50. The minimum Gasteiger partial charge on any atom is -0.355 e. The van der Waals surface area contributed by atoms with Gasteiger partial charge in [-0.25, -0.2) is 0 Å². The van der Waals surface area contributed by atoms with Crippen molar-refractivity contribution in [2.75, 3.05) is 5.32 Å². The number of nitrogens with zero attached hydrogens (tertiary/aromatic N) is 1. The van der Waals surface area contributed by atoms with Gasteiger partial charge in [0.05, 0.1) is 5.52 Å². The fourth-order valence-electron chi connectivity index (χ4n) is 7.47. The lowest BCUT2D eigenvalue weighted by atomic mass is 9.57. The molecule has 1 radical (unpaired) electrons. The van der Waals surface area contributed by atoms with E-state index in [9.17, 15) is 0 Å². The molecule has 0 spiro atoms. The number of para-hydroxylation sites is 4. The third kappa shape index (κ3) is 3.11. The Morgan fingerprint density at radius 1 is 0.619 bits per heavy atom. The fraction of sp³-hybridized carbons (Fsp3) is 0.0769. The zero-order valence-electron chi connectivity index (χ0n) is 23.6. The number of benzene rings is 6. The van der Waals surface area contributed by atoms with Crippen LogP contribution in [0.1, 0.15) is 25.0 Å². The summed E-state index contributed by atoms with van der Waals surface area (Å²) in [6.45, 7) is 4.76. The molecule has 3 heteroatoms.